The van der Waals surface area contributed by atoms with Crippen LogP contribution >= 0.6 is 0 Å². The Labute approximate surface area is 221 Å². The molecule has 0 unspecified atom stereocenters. The number of carbonyl (C=O) groups is 3. The van der Waals surface area contributed by atoms with Gasteiger partial charge in [0.05, 0.1) is 12.5 Å². The molecule has 0 bridgehead atoms. The van der Waals surface area contributed by atoms with E-state index in [9.17, 15) is 14.4 Å². The summed E-state index contributed by atoms with van der Waals surface area (Å²) in [4.78, 5) is 40.8. The van der Waals surface area contributed by atoms with Crippen LogP contribution in [0.2, 0.25) is 0 Å². The number of hydrogen-bond donors (Lipinski definition) is 2. The van der Waals surface area contributed by atoms with Crippen LogP contribution in [0.3, 0.4) is 0 Å². The van der Waals surface area contributed by atoms with Crippen molar-refractivity contribution in [3.63, 3.8) is 0 Å². The first-order chi connectivity index (χ1) is 17.7. The second kappa shape index (κ2) is 13.3. The van der Waals surface area contributed by atoms with Crippen LogP contribution in [0.5, 0.6) is 0 Å². The van der Waals surface area contributed by atoms with Crippen molar-refractivity contribution in [2.75, 3.05) is 25.0 Å². The summed E-state index contributed by atoms with van der Waals surface area (Å²) in [6.07, 6.45) is 1.51. The average Bonchev–Trinajstić information content (AvgIpc) is 2.88. The van der Waals surface area contributed by atoms with E-state index in [1.165, 1.54) is 0 Å². The van der Waals surface area contributed by atoms with Gasteiger partial charge in [0.1, 0.15) is 6.04 Å². The molecule has 0 radical (unpaired) electrons. The van der Waals surface area contributed by atoms with Gasteiger partial charge in [0.15, 0.2) is 0 Å². The van der Waals surface area contributed by atoms with E-state index < -0.39 is 12.1 Å². The number of likely N-dealkylation sites (tertiary alicyclic amines) is 1. The molecule has 0 aliphatic carbocycles. The van der Waals surface area contributed by atoms with Crippen molar-refractivity contribution in [1.29, 1.82) is 0 Å². The summed E-state index contributed by atoms with van der Waals surface area (Å²) in [6, 6.07) is 14.7. The molecule has 1 fully saturated rings. The van der Waals surface area contributed by atoms with Crippen molar-refractivity contribution < 1.29 is 19.1 Å². The first kappa shape index (κ1) is 28.2. The minimum absolute atomic E-state index is 0.137. The molecule has 1 aliphatic rings. The van der Waals surface area contributed by atoms with Crippen molar-refractivity contribution in [3.05, 3.63) is 65.2 Å². The maximum absolute atomic E-state index is 13.6. The zero-order valence-corrected chi connectivity index (χ0v) is 22.8. The Morgan fingerprint density at radius 2 is 1.51 bits per heavy atom. The highest BCUT2D eigenvalue weighted by atomic mass is 16.5. The number of rotatable bonds is 9. The summed E-state index contributed by atoms with van der Waals surface area (Å²) in [5.41, 5.74) is 3.90. The number of para-hydroxylation sites is 1. The lowest BCUT2D eigenvalue weighted by Crippen LogP contribution is -2.53. The number of ether oxygens (including phenoxy) is 1. The van der Waals surface area contributed by atoms with Crippen LogP contribution in [-0.2, 0) is 20.7 Å². The van der Waals surface area contributed by atoms with Gasteiger partial charge in [-0.3, -0.25) is 9.59 Å². The van der Waals surface area contributed by atoms with E-state index in [-0.39, 0.29) is 29.6 Å². The number of urea groups is 1. The largest absolute Gasteiger partial charge is 0.466 e. The molecule has 7 heteroatoms. The van der Waals surface area contributed by atoms with Crippen molar-refractivity contribution in [1.82, 2.24) is 10.2 Å². The third-order valence-corrected chi connectivity index (χ3v) is 6.92. The Hall–Kier alpha value is -3.35. The second-order valence-electron chi connectivity index (χ2n) is 10.3. The molecule has 2 aromatic carbocycles. The number of carbonyl (C=O) groups excluding carboxylic acids is 3. The van der Waals surface area contributed by atoms with E-state index >= 15 is 0 Å². The molecular formula is C30H41N3O4. The van der Waals surface area contributed by atoms with Gasteiger partial charge in [-0.25, -0.2) is 4.79 Å². The van der Waals surface area contributed by atoms with Crippen molar-refractivity contribution >= 4 is 23.6 Å². The Bertz CT molecular complexity index is 1030. The first-order valence-corrected chi connectivity index (χ1v) is 13.4. The summed E-state index contributed by atoms with van der Waals surface area (Å²) in [5.74, 6) is -0.0528. The molecule has 3 rings (SSSR count). The monoisotopic (exact) mass is 507 g/mol. The van der Waals surface area contributed by atoms with Gasteiger partial charge in [0.2, 0.25) is 5.91 Å². The fourth-order valence-electron chi connectivity index (χ4n) is 4.87. The van der Waals surface area contributed by atoms with Crippen molar-refractivity contribution in [2.45, 2.75) is 71.8 Å². The lowest BCUT2D eigenvalue weighted by molar-refractivity contribution is -0.151. The third kappa shape index (κ3) is 7.57. The standard InChI is InChI=1S/C30H41N3O4/c1-6-37-29(35)23-15-17-33(18-16-23)28(34)26(19-22-11-8-7-9-12-22)31-30(36)32-27-24(20(2)3)13-10-14-25(27)21(4)5/h7-14,20-21,23,26H,6,15-19H2,1-5H3,(H2,31,32,36)/t26-/m0/s1. The van der Waals surface area contributed by atoms with Crippen LogP contribution in [0.1, 0.15) is 76.0 Å². The lowest BCUT2D eigenvalue weighted by atomic mass is 9.92. The van der Waals surface area contributed by atoms with Crippen LogP contribution in [0.4, 0.5) is 10.5 Å². The average molecular weight is 508 g/mol. The molecule has 0 saturated carbocycles. The van der Waals surface area contributed by atoms with Gasteiger partial charge < -0.3 is 20.3 Å². The van der Waals surface area contributed by atoms with Crippen LogP contribution in [-0.4, -0.2) is 48.5 Å². The number of benzene rings is 2. The van der Waals surface area contributed by atoms with Gasteiger partial charge in [-0.15, -0.1) is 0 Å². The summed E-state index contributed by atoms with van der Waals surface area (Å²) in [6.45, 7) is 11.5. The minimum atomic E-state index is -0.727. The molecule has 0 spiro atoms. The normalized spacial score (nSPS) is 14.9. The highest BCUT2D eigenvalue weighted by Crippen LogP contribution is 2.32. The van der Waals surface area contributed by atoms with E-state index in [1.54, 1.807) is 11.8 Å². The van der Waals surface area contributed by atoms with Gasteiger partial charge in [0, 0.05) is 25.2 Å². The van der Waals surface area contributed by atoms with Crippen molar-refractivity contribution in [3.8, 4) is 0 Å². The molecule has 0 aromatic heterocycles. The van der Waals surface area contributed by atoms with Gasteiger partial charge in [-0.2, -0.15) is 0 Å². The predicted molar refractivity (Wildman–Crippen MR) is 147 cm³/mol. The molecule has 7 nitrogen and oxygen atoms in total. The summed E-state index contributed by atoms with van der Waals surface area (Å²) in [7, 11) is 0. The number of hydrogen-bond acceptors (Lipinski definition) is 4. The second-order valence-corrected chi connectivity index (χ2v) is 10.3. The van der Waals surface area contributed by atoms with E-state index in [4.69, 9.17) is 4.74 Å². The molecule has 1 atom stereocenters. The van der Waals surface area contributed by atoms with Crippen LogP contribution < -0.4 is 10.6 Å². The number of piperidine rings is 1. The first-order valence-electron chi connectivity index (χ1n) is 13.4. The lowest BCUT2D eigenvalue weighted by Gasteiger charge is -2.33. The fourth-order valence-corrected chi connectivity index (χ4v) is 4.87. The number of nitrogens with one attached hydrogen (secondary N) is 2. The Morgan fingerprint density at radius 1 is 0.919 bits per heavy atom. The molecule has 1 saturated heterocycles. The minimum Gasteiger partial charge on any atom is -0.466 e. The maximum atomic E-state index is 13.6. The number of amides is 3. The van der Waals surface area contributed by atoms with Gasteiger partial charge in [0.25, 0.3) is 0 Å². The fraction of sp³-hybridized carbons (Fsp3) is 0.500. The smallest absolute Gasteiger partial charge is 0.319 e. The van der Waals surface area contributed by atoms with Crippen molar-refractivity contribution in [2.24, 2.45) is 5.92 Å². The van der Waals surface area contributed by atoms with Gasteiger partial charge in [-0.1, -0.05) is 76.2 Å². The quantitative estimate of drug-likeness (QED) is 0.441. The molecule has 2 N–H and O–H groups in total. The van der Waals surface area contributed by atoms with Gasteiger partial charge in [-0.05, 0) is 48.3 Å². The number of anilines is 1. The molecular weight excluding hydrogens is 466 g/mol. The Balaban J connectivity index is 1.77. The summed E-state index contributed by atoms with van der Waals surface area (Å²) in [5, 5.41) is 6.03. The van der Waals surface area contributed by atoms with E-state index in [0.29, 0.717) is 39.0 Å². The van der Waals surface area contributed by atoms with Crippen LogP contribution in [0.25, 0.3) is 0 Å². The molecule has 1 heterocycles. The summed E-state index contributed by atoms with van der Waals surface area (Å²) >= 11 is 0. The van der Waals surface area contributed by atoms with Gasteiger partial charge >= 0.3 is 12.0 Å². The maximum Gasteiger partial charge on any atom is 0.319 e. The molecule has 200 valence electrons. The molecule has 1 aliphatic heterocycles. The highest BCUT2D eigenvalue weighted by molar-refractivity contribution is 5.95. The molecule has 37 heavy (non-hydrogen) atoms. The Kier molecular flexibility index (Phi) is 10.1. The molecule has 3 amide bonds. The van der Waals surface area contributed by atoms with Crippen LogP contribution in [0.15, 0.2) is 48.5 Å². The predicted octanol–water partition coefficient (Wildman–Crippen LogP) is 5.47. The highest BCUT2D eigenvalue weighted by Gasteiger charge is 2.32. The van der Waals surface area contributed by atoms with E-state index in [2.05, 4.69) is 38.3 Å². The third-order valence-electron chi connectivity index (χ3n) is 6.92. The number of nitrogens with zero attached hydrogens (tertiary/aromatic N) is 1. The van der Waals surface area contributed by atoms with E-state index in [1.807, 2.05) is 48.5 Å². The summed E-state index contributed by atoms with van der Waals surface area (Å²) < 4.78 is 5.16. The number of esters is 1. The SMILES string of the molecule is CCOC(=O)C1CCN(C(=O)[C@H](Cc2ccccc2)NC(=O)Nc2c(C(C)C)cccc2C(C)C)CC1. The molecule has 2 aromatic rings. The van der Waals surface area contributed by atoms with E-state index in [0.717, 1.165) is 22.4 Å². The van der Waals surface area contributed by atoms with Crippen LogP contribution in [0, 0.1) is 5.92 Å². The zero-order chi connectivity index (χ0) is 26.9. The topological polar surface area (TPSA) is 87.7 Å². The Morgan fingerprint density at radius 3 is 2.05 bits per heavy atom. The zero-order valence-electron chi connectivity index (χ0n) is 22.8.